The van der Waals surface area contributed by atoms with E-state index in [1.54, 1.807) is 6.07 Å². The lowest BCUT2D eigenvalue weighted by molar-refractivity contribution is -0.124. The van der Waals surface area contributed by atoms with Gasteiger partial charge in [0.25, 0.3) is 0 Å². The Morgan fingerprint density at radius 3 is 2.68 bits per heavy atom. The number of carbonyl (C=O) groups excluding carboxylic acids is 2. The molecule has 2 aromatic rings. The molecule has 2 aromatic carbocycles. The number of imide groups is 1. The average Bonchev–Trinajstić information content (AvgIpc) is 2.82. The molecule has 0 aliphatic carbocycles. The van der Waals surface area contributed by atoms with Crippen LogP contribution in [0.3, 0.4) is 0 Å². The zero-order valence-corrected chi connectivity index (χ0v) is 12.5. The van der Waals surface area contributed by atoms with Crippen molar-refractivity contribution in [2.45, 2.75) is 32.3 Å². The number of aliphatic hydroxyl groups is 1. The Balaban J connectivity index is 2.00. The fraction of sp³-hybridized carbons (Fsp3) is 0.333. The van der Waals surface area contributed by atoms with Crippen molar-refractivity contribution in [3.8, 4) is 0 Å². The highest BCUT2D eigenvalue weighted by Crippen LogP contribution is 2.34. The van der Waals surface area contributed by atoms with Crippen LogP contribution in [0, 0.1) is 5.92 Å². The summed E-state index contributed by atoms with van der Waals surface area (Å²) in [6.07, 6.45) is 0.658. The van der Waals surface area contributed by atoms with Gasteiger partial charge in [0.15, 0.2) is 0 Å². The minimum absolute atomic E-state index is 0.0865. The molecule has 1 fully saturated rings. The number of rotatable bonds is 4. The second-order valence-electron chi connectivity index (χ2n) is 5.73. The third kappa shape index (κ3) is 2.40. The SMILES string of the molecule is CCC[C@H](O)[C@H]1CC(=O)N(c2cccc3ccccc23)C1=O. The second kappa shape index (κ2) is 5.89. The zero-order valence-electron chi connectivity index (χ0n) is 12.5. The third-order valence-corrected chi connectivity index (χ3v) is 4.24. The number of anilines is 1. The van der Waals surface area contributed by atoms with E-state index in [9.17, 15) is 14.7 Å². The number of hydrogen-bond acceptors (Lipinski definition) is 3. The average molecular weight is 297 g/mol. The third-order valence-electron chi connectivity index (χ3n) is 4.24. The monoisotopic (exact) mass is 297 g/mol. The van der Waals surface area contributed by atoms with Crippen LogP contribution in [-0.4, -0.2) is 23.0 Å². The van der Waals surface area contributed by atoms with Gasteiger partial charge in [-0.2, -0.15) is 0 Å². The normalized spacial score (nSPS) is 19.9. The van der Waals surface area contributed by atoms with E-state index in [0.717, 1.165) is 17.2 Å². The molecular formula is C18H19NO3. The van der Waals surface area contributed by atoms with E-state index in [2.05, 4.69) is 0 Å². The highest BCUT2D eigenvalue weighted by molar-refractivity contribution is 6.24. The molecular weight excluding hydrogens is 278 g/mol. The molecule has 0 bridgehead atoms. The molecule has 0 aromatic heterocycles. The number of amides is 2. The van der Waals surface area contributed by atoms with Crippen molar-refractivity contribution in [3.63, 3.8) is 0 Å². The Morgan fingerprint density at radius 2 is 1.91 bits per heavy atom. The summed E-state index contributed by atoms with van der Waals surface area (Å²) in [5.41, 5.74) is 0.610. The molecule has 3 rings (SSSR count). The number of carbonyl (C=O) groups is 2. The van der Waals surface area contributed by atoms with E-state index in [-0.39, 0.29) is 18.2 Å². The molecule has 1 saturated heterocycles. The van der Waals surface area contributed by atoms with Crippen molar-refractivity contribution >= 4 is 28.3 Å². The Morgan fingerprint density at radius 1 is 1.18 bits per heavy atom. The fourth-order valence-corrected chi connectivity index (χ4v) is 3.11. The fourth-order valence-electron chi connectivity index (χ4n) is 3.11. The number of hydrogen-bond donors (Lipinski definition) is 1. The lowest BCUT2D eigenvalue weighted by Gasteiger charge is -2.19. The molecule has 2 atom stereocenters. The second-order valence-corrected chi connectivity index (χ2v) is 5.73. The first-order valence-electron chi connectivity index (χ1n) is 7.66. The van der Waals surface area contributed by atoms with E-state index < -0.39 is 12.0 Å². The summed E-state index contributed by atoms with van der Waals surface area (Å²) in [6.45, 7) is 1.95. The maximum Gasteiger partial charge on any atom is 0.240 e. The molecule has 0 unspecified atom stereocenters. The van der Waals surface area contributed by atoms with Gasteiger partial charge >= 0.3 is 0 Å². The van der Waals surface area contributed by atoms with E-state index in [1.165, 1.54) is 4.90 Å². The van der Waals surface area contributed by atoms with Crippen LogP contribution in [0.1, 0.15) is 26.2 Å². The smallest absolute Gasteiger partial charge is 0.240 e. The first-order chi connectivity index (χ1) is 10.6. The summed E-state index contributed by atoms with van der Waals surface area (Å²) >= 11 is 0. The Hall–Kier alpha value is -2.20. The van der Waals surface area contributed by atoms with Crippen molar-refractivity contribution in [3.05, 3.63) is 42.5 Å². The molecule has 0 radical (unpaired) electrons. The molecule has 114 valence electrons. The van der Waals surface area contributed by atoms with Gasteiger partial charge in [-0.1, -0.05) is 49.7 Å². The van der Waals surface area contributed by atoms with Crippen molar-refractivity contribution in [2.24, 2.45) is 5.92 Å². The van der Waals surface area contributed by atoms with Crippen molar-refractivity contribution in [2.75, 3.05) is 4.90 Å². The quantitative estimate of drug-likeness (QED) is 0.883. The lowest BCUT2D eigenvalue weighted by atomic mass is 9.97. The van der Waals surface area contributed by atoms with Gasteiger partial charge in [0, 0.05) is 11.8 Å². The summed E-state index contributed by atoms with van der Waals surface area (Å²) in [7, 11) is 0. The summed E-state index contributed by atoms with van der Waals surface area (Å²) in [5, 5.41) is 12.0. The van der Waals surface area contributed by atoms with Crippen LogP contribution in [0.15, 0.2) is 42.5 Å². The maximum absolute atomic E-state index is 12.6. The highest BCUT2D eigenvalue weighted by atomic mass is 16.3. The summed E-state index contributed by atoms with van der Waals surface area (Å²) in [5.74, 6) is -1.14. The van der Waals surface area contributed by atoms with Gasteiger partial charge in [-0.15, -0.1) is 0 Å². The van der Waals surface area contributed by atoms with E-state index in [1.807, 2.05) is 43.3 Å². The van der Waals surface area contributed by atoms with Crippen LogP contribution in [0.5, 0.6) is 0 Å². The van der Waals surface area contributed by atoms with Gasteiger partial charge in [0.2, 0.25) is 11.8 Å². The van der Waals surface area contributed by atoms with Crippen molar-refractivity contribution < 1.29 is 14.7 Å². The van der Waals surface area contributed by atoms with Gasteiger partial charge in [-0.3, -0.25) is 9.59 Å². The molecule has 4 heteroatoms. The molecule has 4 nitrogen and oxygen atoms in total. The predicted molar refractivity (Wildman–Crippen MR) is 85.5 cm³/mol. The van der Waals surface area contributed by atoms with E-state index in [4.69, 9.17) is 0 Å². The van der Waals surface area contributed by atoms with Gasteiger partial charge < -0.3 is 5.11 Å². The minimum Gasteiger partial charge on any atom is -0.392 e. The molecule has 1 aliphatic rings. The minimum atomic E-state index is -0.749. The molecule has 1 N–H and O–H groups in total. The van der Waals surface area contributed by atoms with Crippen LogP contribution in [0.25, 0.3) is 10.8 Å². The number of aliphatic hydroxyl groups excluding tert-OH is 1. The Bertz CT molecular complexity index is 720. The number of fused-ring (bicyclic) bond motifs is 1. The largest absolute Gasteiger partial charge is 0.392 e. The summed E-state index contributed by atoms with van der Waals surface area (Å²) < 4.78 is 0. The number of benzene rings is 2. The molecule has 2 amide bonds. The highest BCUT2D eigenvalue weighted by Gasteiger charge is 2.43. The lowest BCUT2D eigenvalue weighted by Crippen LogP contribution is -2.33. The Labute approximate surface area is 129 Å². The van der Waals surface area contributed by atoms with E-state index >= 15 is 0 Å². The molecule has 22 heavy (non-hydrogen) atoms. The van der Waals surface area contributed by atoms with Crippen LogP contribution >= 0.6 is 0 Å². The molecule has 1 aliphatic heterocycles. The molecule has 1 heterocycles. The summed E-state index contributed by atoms with van der Waals surface area (Å²) in [6, 6.07) is 13.2. The van der Waals surface area contributed by atoms with Crippen LogP contribution in [0.4, 0.5) is 5.69 Å². The van der Waals surface area contributed by atoms with Crippen molar-refractivity contribution in [1.82, 2.24) is 0 Å². The van der Waals surface area contributed by atoms with Gasteiger partial charge in [0.1, 0.15) is 0 Å². The first-order valence-corrected chi connectivity index (χ1v) is 7.66. The standard InChI is InChI=1S/C18H19NO3/c1-2-6-16(20)14-11-17(21)19(18(14)22)15-10-5-8-12-7-3-4-9-13(12)15/h3-5,7-10,14,16,20H,2,6,11H2,1H3/t14-,16+/m1/s1. The maximum atomic E-state index is 12.6. The Kier molecular flexibility index (Phi) is 3.94. The topological polar surface area (TPSA) is 57.6 Å². The van der Waals surface area contributed by atoms with Gasteiger partial charge in [-0.05, 0) is 17.9 Å². The van der Waals surface area contributed by atoms with Gasteiger partial charge in [0.05, 0.1) is 17.7 Å². The zero-order chi connectivity index (χ0) is 15.7. The van der Waals surface area contributed by atoms with Crippen LogP contribution in [-0.2, 0) is 9.59 Å². The predicted octanol–water partition coefficient (Wildman–Crippen LogP) is 2.88. The van der Waals surface area contributed by atoms with E-state index in [0.29, 0.717) is 12.1 Å². The summed E-state index contributed by atoms with van der Waals surface area (Å²) in [4.78, 5) is 26.2. The van der Waals surface area contributed by atoms with Crippen LogP contribution in [0.2, 0.25) is 0 Å². The van der Waals surface area contributed by atoms with Crippen molar-refractivity contribution in [1.29, 1.82) is 0 Å². The van der Waals surface area contributed by atoms with Gasteiger partial charge in [-0.25, -0.2) is 4.90 Å². The van der Waals surface area contributed by atoms with Crippen LogP contribution < -0.4 is 4.90 Å². The number of nitrogens with zero attached hydrogens (tertiary/aromatic N) is 1. The molecule has 0 spiro atoms. The first kappa shape index (κ1) is 14.7. The molecule has 0 saturated carbocycles.